The molecule has 0 radical (unpaired) electrons. The lowest BCUT2D eigenvalue weighted by Crippen LogP contribution is -2.44. The first-order valence-corrected chi connectivity index (χ1v) is 5.17. The lowest BCUT2D eigenvalue weighted by molar-refractivity contribution is -0.161. The van der Waals surface area contributed by atoms with Gasteiger partial charge in [-0.3, -0.25) is 5.32 Å². The second-order valence-corrected chi connectivity index (χ2v) is 3.91. The maximum absolute atomic E-state index is 12.5. The summed E-state index contributed by atoms with van der Waals surface area (Å²) in [4.78, 5) is 10.7. The van der Waals surface area contributed by atoms with Crippen LogP contribution in [0, 0.1) is 0 Å². The Hall–Kier alpha value is -1.76. The van der Waals surface area contributed by atoms with Gasteiger partial charge < -0.3 is 9.84 Å². The molecule has 4 nitrogen and oxygen atoms in total. The number of nitrogens with one attached hydrogen (secondary N) is 1. The Bertz CT molecular complexity index is 473. The summed E-state index contributed by atoms with van der Waals surface area (Å²) in [5.41, 5.74) is 0.492. The number of alkyl halides is 3. The Morgan fingerprint density at radius 1 is 1.44 bits per heavy atom. The smallest absolute Gasteiger partial charge is 0.407 e. The molecule has 0 spiro atoms. The molecule has 1 aliphatic rings. The van der Waals surface area contributed by atoms with E-state index in [2.05, 4.69) is 5.32 Å². The van der Waals surface area contributed by atoms with Gasteiger partial charge in [0.1, 0.15) is 18.4 Å². The van der Waals surface area contributed by atoms with Crippen LogP contribution in [0.5, 0.6) is 5.75 Å². The summed E-state index contributed by atoms with van der Waals surface area (Å²) < 4.78 is 42.6. The zero-order valence-electron chi connectivity index (χ0n) is 9.12. The fourth-order valence-electron chi connectivity index (χ4n) is 1.64. The lowest BCUT2D eigenvalue weighted by atomic mass is 10.1. The SMILES string of the molecule is O=C(O)c1ccc2c(c1)OCC(C(F)(F)F)NC2. The van der Waals surface area contributed by atoms with E-state index in [-0.39, 0.29) is 17.9 Å². The van der Waals surface area contributed by atoms with E-state index in [0.29, 0.717) is 5.56 Å². The van der Waals surface area contributed by atoms with E-state index in [9.17, 15) is 18.0 Å². The van der Waals surface area contributed by atoms with E-state index in [1.165, 1.54) is 18.2 Å². The van der Waals surface area contributed by atoms with Crippen LogP contribution in [-0.4, -0.2) is 29.9 Å². The van der Waals surface area contributed by atoms with Crippen LogP contribution in [0.2, 0.25) is 0 Å². The number of ether oxygens (including phenoxy) is 1. The average molecular weight is 261 g/mol. The Labute approximate surface area is 100 Å². The van der Waals surface area contributed by atoms with Gasteiger partial charge in [0.15, 0.2) is 0 Å². The van der Waals surface area contributed by atoms with Crippen molar-refractivity contribution in [2.24, 2.45) is 0 Å². The normalized spacial score (nSPS) is 19.6. The van der Waals surface area contributed by atoms with Crippen molar-refractivity contribution in [2.75, 3.05) is 6.61 Å². The van der Waals surface area contributed by atoms with E-state index in [4.69, 9.17) is 9.84 Å². The second-order valence-electron chi connectivity index (χ2n) is 3.91. The monoisotopic (exact) mass is 261 g/mol. The molecule has 18 heavy (non-hydrogen) atoms. The molecular formula is C11H10F3NO3. The minimum Gasteiger partial charge on any atom is -0.491 e. The zero-order chi connectivity index (χ0) is 13.3. The summed E-state index contributed by atoms with van der Waals surface area (Å²) in [6.45, 7) is -0.584. The highest BCUT2D eigenvalue weighted by Crippen LogP contribution is 2.27. The summed E-state index contributed by atoms with van der Waals surface area (Å²) >= 11 is 0. The summed E-state index contributed by atoms with van der Waals surface area (Å²) in [7, 11) is 0. The molecule has 1 atom stereocenters. The molecule has 0 bridgehead atoms. The summed E-state index contributed by atoms with van der Waals surface area (Å²) in [6, 6.07) is 2.26. The number of halogens is 3. The van der Waals surface area contributed by atoms with Crippen molar-refractivity contribution in [2.45, 2.75) is 18.8 Å². The van der Waals surface area contributed by atoms with Gasteiger partial charge in [-0.1, -0.05) is 6.07 Å². The highest BCUT2D eigenvalue weighted by atomic mass is 19.4. The van der Waals surface area contributed by atoms with Crippen LogP contribution >= 0.6 is 0 Å². The summed E-state index contributed by atoms with van der Waals surface area (Å²) in [5.74, 6) is -0.972. The fourth-order valence-corrected chi connectivity index (χ4v) is 1.64. The van der Waals surface area contributed by atoms with Crippen LogP contribution in [0.1, 0.15) is 15.9 Å². The van der Waals surface area contributed by atoms with Gasteiger partial charge in [-0.05, 0) is 12.1 Å². The first-order chi connectivity index (χ1) is 8.38. The first kappa shape index (κ1) is 12.7. The molecule has 7 heteroatoms. The lowest BCUT2D eigenvalue weighted by Gasteiger charge is -2.18. The highest BCUT2D eigenvalue weighted by Gasteiger charge is 2.41. The van der Waals surface area contributed by atoms with Crippen LogP contribution in [0.15, 0.2) is 18.2 Å². The van der Waals surface area contributed by atoms with Crippen LogP contribution < -0.4 is 10.1 Å². The van der Waals surface area contributed by atoms with Crippen molar-refractivity contribution >= 4 is 5.97 Å². The quantitative estimate of drug-likeness (QED) is 0.809. The Morgan fingerprint density at radius 2 is 2.17 bits per heavy atom. The number of aromatic carboxylic acids is 1. The molecule has 0 fully saturated rings. The zero-order valence-corrected chi connectivity index (χ0v) is 9.12. The van der Waals surface area contributed by atoms with Gasteiger partial charge in [0, 0.05) is 12.1 Å². The molecule has 0 amide bonds. The van der Waals surface area contributed by atoms with Crippen LogP contribution in [0.4, 0.5) is 13.2 Å². The molecular weight excluding hydrogens is 251 g/mol. The van der Waals surface area contributed by atoms with E-state index in [1.807, 2.05) is 0 Å². The minimum absolute atomic E-state index is 0.0145. The molecule has 1 aromatic carbocycles. The maximum Gasteiger partial charge on any atom is 0.407 e. The largest absolute Gasteiger partial charge is 0.491 e. The third-order valence-electron chi connectivity index (χ3n) is 2.65. The van der Waals surface area contributed by atoms with E-state index < -0.39 is 24.8 Å². The predicted octanol–water partition coefficient (Wildman–Crippen LogP) is 1.80. The van der Waals surface area contributed by atoms with Crippen molar-refractivity contribution in [1.82, 2.24) is 5.32 Å². The molecule has 1 aromatic rings. The summed E-state index contributed by atoms with van der Waals surface area (Å²) in [5, 5.41) is 11.1. The molecule has 0 aliphatic carbocycles. The van der Waals surface area contributed by atoms with E-state index >= 15 is 0 Å². The number of fused-ring (bicyclic) bond motifs is 1. The number of carboxylic acid groups (broad SMARTS) is 1. The molecule has 2 rings (SSSR count). The van der Waals surface area contributed by atoms with E-state index in [1.54, 1.807) is 0 Å². The van der Waals surface area contributed by atoms with Gasteiger partial charge in [0.25, 0.3) is 0 Å². The predicted molar refractivity (Wildman–Crippen MR) is 55.6 cm³/mol. The number of rotatable bonds is 1. The average Bonchev–Trinajstić information content (AvgIpc) is 2.49. The topological polar surface area (TPSA) is 58.6 Å². The van der Waals surface area contributed by atoms with Crippen molar-refractivity contribution in [1.29, 1.82) is 0 Å². The summed E-state index contributed by atoms with van der Waals surface area (Å²) in [6.07, 6.45) is -4.39. The highest BCUT2D eigenvalue weighted by molar-refractivity contribution is 5.88. The number of carboxylic acids is 1. The third-order valence-corrected chi connectivity index (χ3v) is 2.65. The van der Waals surface area contributed by atoms with Gasteiger partial charge in [-0.2, -0.15) is 13.2 Å². The van der Waals surface area contributed by atoms with Crippen LogP contribution in [0.25, 0.3) is 0 Å². The number of benzene rings is 1. The molecule has 1 heterocycles. The van der Waals surface area contributed by atoms with Crippen molar-refractivity contribution in [3.05, 3.63) is 29.3 Å². The minimum atomic E-state index is -4.39. The molecule has 0 aromatic heterocycles. The second kappa shape index (κ2) is 4.49. The molecule has 2 N–H and O–H groups in total. The van der Waals surface area contributed by atoms with Crippen molar-refractivity contribution < 1.29 is 27.8 Å². The standard InChI is InChI=1S/C11H10F3NO3/c12-11(13,14)9-5-18-8-3-6(10(16)17)1-2-7(8)4-15-9/h1-3,9,15H,4-5H2,(H,16,17). The van der Waals surface area contributed by atoms with Crippen LogP contribution in [0.3, 0.4) is 0 Å². The number of carbonyl (C=O) groups is 1. The van der Waals surface area contributed by atoms with Gasteiger partial charge in [-0.15, -0.1) is 0 Å². The van der Waals surface area contributed by atoms with Gasteiger partial charge in [0.2, 0.25) is 0 Å². The Balaban J connectivity index is 2.23. The Morgan fingerprint density at radius 3 is 2.78 bits per heavy atom. The molecule has 1 unspecified atom stereocenters. The third kappa shape index (κ3) is 2.56. The fraction of sp³-hybridized carbons (Fsp3) is 0.364. The van der Waals surface area contributed by atoms with E-state index in [0.717, 1.165) is 0 Å². The van der Waals surface area contributed by atoms with Crippen molar-refractivity contribution in [3.8, 4) is 5.75 Å². The molecule has 1 aliphatic heterocycles. The number of hydrogen-bond donors (Lipinski definition) is 2. The number of hydrogen-bond acceptors (Lipinski definition) is 3. The van der Waals surface area contributed by atoms with Crippen molar-refractivity contribution in [3.63, 3.8) is 0 Å². The maximum atomic E-state index is 12.5. The molecule has 0 saturated carbocycles. The van der Waals surface area contributed by atoms with Gasteiger partial charge >= 0.3 is 12.1 Å². The Kier molecular flexibility index (Phi) is 3.16. The van der Waals surface area contributed by atoms with Crippen LogP contribution in [-0.2, 0) is 6.54 Å². The first-order valence-electron chi connectivity index (χ1n) is 5.17. The van der Waals surface area contributed by atoms with Gasteiger partial charge in [-0.25, -0.2) is 4.79 Å². The molecule has 0 saturated heterocycles. The molecule has 98 valence electrons. The van der Waals surface area contributed by atoms with Gasteiger partial charge in [0.05, 0.1) is 5.56 Å².